The normalized spacial score (nSPS) is 10.4. The maximum atomic E-state index is 11.5. The van der Waals surface area contributed by atoms with E-state index in [4.69, 9.17) is 21.2 Å². The maximum Gasteiger partial charge on any atom is 0.314 e. The molecule has 0 aliphatic rings. The number of aliphatic carboxylic acids is 1. The molecule has 0 bridgehead atoms. The van der Waals surface area contributed by atoms with Crippen LogP contribution in [0.25, 0.3) is 11.4 Å². The third-order valence-corrected chi connectivity index (χ3v) is 3.30. The van der Waals surface area contributed by atoms with Crippen molar-refractivity contribution in [2.45, 2.75) is 19.3 Å². The third kappa shape index (κ3) is 5.88. The van der Waals surface area contributed by atoms with E-state index in [0.29, 0.717) is 42.7 Å². The Hall–Kier alpha value is -2.61. The minimum Gasteiger partial charge on any atom is -0.481 e. The lowest BCUT2D eigenvalue weighted by atomic mass is 10.2. The molecule has 2 aromatic rings. The number of nitrogens with one attached hydrogen (secondary N) is 2. The standard InChI is InChI=1S/C15H17ClN4O4/c16-11-5-3-10(4-6-11)14-19-12(24-20-14)7-9-18-15(23)17-8-1-2-13(21)22/h3-6H,1-2,7-9H2,(H,21,22)(H2,17,18,23). The van der Waals surface area contributed by atoms with Crippen LogP contribution in [-0.2, 0) is 11.2 Å². The van der Waals surface area contributed by atoms with Gasteiger partial charge in [-0.15, -0.1) is 0 Å². The number of halogens is 1. The fraction of sp³-hybridized carbons (Fsp3) is 0.333. The summed E-state index contributed by atoms with van der Waals surface area (Å²) in [7, 11) is 0. The SMILES string of the molecule is O=C(O)CCCNC(=O)NCCc1nc(-c2ccc(Cl)cc2)no1. The van der Waals surface area contributed by atoms with Gasteiger partial charge in [0, 0.05) is 36.5 Å². The van der Waals surface area contributed by atoms with Gasteiger partial charge in [0.05, 0.1) is 0 Å². The van der Waals surface area contributed by atoms with Crippen molar-refractivity contribution in [3.8, 4) is 11.4 Å². The van der Waals surface area contributed by atoms with E-state index in [1.165, 1.54) is 0 Å². The van der Waals surface area contributed by atoms with Crippen molar-refractivity contribution in [3.05, 3.63) is 35.2 Å². The highest BCUT2D eigenvalue weighted by atomic mass is 35.5. The number of carbonyl (C=O) groups is 2. The molecule has 9 heteroatoms. The molecule has 8 nitrogen and oxygen atoms in total. The number of hydrogen-bond acceptors (Lipinski definition) is 5. The Labute approximate surface area is 143 Å². The van der Waals surface area contributed by atoms with E-state index in [2.05, 4.69) is 20.8 Å². The van der Waals surface area contributed by atoms with Crippen LogP contribution < -0.4 is 10.6 Å². The first kappa shape index (κ1) is 17.7. The molecule has 0 saturated heterocycles. The van der Waals surface area contributed by atoms with Gasteiger partial charge in [0.2, 0.25) is 11.7 Å². The number of amides is 2. The smallest absolute Gasteiger partial charge is 0.314 e. The average Bonchev–Trinajstić information content (AvgIpc) is 3.01. The van der Waals surface area contributed by atoms with Gasteiger partial charge in [0.1, 0.15) is 0 Å². The van der Waals surface area contributed by atoms with Crippen LogP contribution in [0.15, 0.2) is 28.8 Å². The largest absolute Gasteiger partial charge is 0.481 e. The Balaban J connectivity index is 1.70. The van der Waals surface area contributed by atoms with Crippen LogP contribution in [0.1, 0.15) is 18.7 Å². The molecule has 2 rings (SSSR count). The number of aromatic nitrogens is 2. The molecule has 128 valence electrons. The molecule has 0 aliphatic carbocycles. The summed E-state index contributed by atoms with van der Waals surface area (Å²) in [4.78, 5) is 26.1. The van der Waals surface area contributed by atoms with E-state index in [1.54, 1.807) is 24.3 Å². The fourth-order valence-electron chi connectivity index (χ4n) is 1.86. The molecule has 0 spiro atoms. The predicted octanol–water partition coefficient (Wildman–Crippen LogP) is 2.10. The Kier molecular flexibility index (Phi) is 6.56. The van der Waals surface area contributed by atoms with Crippen molar-refractivity contribution in [3.63, 3.8) is 0 Å². The number of nitrogens with zero attached hydrogens (tertiary/aromatic N) is 2. The zero-order valence-corrected chi connectivity index (χ0v) is 13.5. The van der Waals surface area contributed by atoms with Gasteiger partial charge in [-0.25, -0.2) is 4.79 Å². The predicted molar refractivity (Wildman–Crippen MR) is 86.7 cm³/mol. The van der Waals surface area contributed by atoms with Gasteiger partial charge >= 0.3 is 12.0 Å². The number of benzene rings is 1. The number of rotatable bonds is 8. The molecule has 1 aromatic heterocycles. The minimum atomic E-state index is -0.884. The summed E-state index contributed by atoms with van der Waals surface area (Å²) in [6.07, 6.45) is 0.801. The first-order valence-corrected chi connectivity index (χ1v) is 7.74. The van der Waals surface area contributed by atoms with E-state index in [-0.39, 0.29) is 12.5 Å². The lowest BCUT2D eigenvalue weighted by molar-refractivity contribution is -0.137. The highest BCUT2D eigenvalue weighted by molar-refractivity contribution is 6.30. The van der Waals surface area contributed by atoms with E-state index in [0.717, 1.165) is 5.56 Å². The summed E-state index contributed by atoms with van der Waals surface area (Å²) in [6, 6.07) is 6.70. The molecule has 0 unspecified atom stereocenters. The topological polar surface area (TPSA) is 117 Å². The number of urea groups is 1. The van der Waals surface area contributed by atoms with Gasteiger partial charge in [-0.3, -0.25) is 4.79 Å². The van der Waals surface area contributed by atoms with Gasteiger partial charge in [-0.1, -0.05) is 16.8 Å². The molecule has 0 atom stereocenters. The van der Waals surface area contributed by atoms with Crippen LogP contribution in [0.5, 0.6) is 0 Å². The summed E-state index contributed by atoms with van der Waals surface area (Å²) in [5.41, 5.74) is 0.790. The Morgan fingerprint density at radius 2 is 1.88 bits per heavy atom. The maximum absolute atomic E-state index is 11.5. The monoisotopic (exact) mass is 352 g/mol. The van der Waals surface area contributed by atoms with Gasteiger partial charge < -0.3 is 20.3 Å². The highest BCUT2D eigenvalue weighted by Gasteiger charge is 2.09. The van der Waals surface area contributed by atoms with Gasteiger partial charge in [-0.05, 0) is 30.7 Å². The average molecular weight is 353 g/mol. The van der Waals surface area contributed by atoms with E-state index >= 15 is 0 Å². The van der Waals surface area contributed by atoms with Gasteiger partial charge in [0.25, 0.3) is 0 Å². The van der Waals surface area contributed by atoms with Gasteiger partial charge in [-0.2, -0.15) is 4.98 Å². The molecule has 2 amide bonds. The quantitative estimate of drug-likeness (QED) is 0.626. The zero-order valence-electron chi connectivity index (χ0n) is 12.8. The Morgan fingerprint density at radius 1 is 1.17 bits per heavy atom. The van der Waals surface area contributed by atoms with E-state index in [9.17, 15) is 9.59 Å². The molecular formula is C15H17ClN4O4. The summed E-state index contributed by atoms with van der Waals surface area (Å²) in [5, 5.41) is 18.2. The lowest BCUT2D eigenvalue weighted by Gasteiger charge is -2.05. The molecule has 0 fully saturated rings. The summed E-state index contributed by atoms with van der Waals surface area (Å²) >= 11 is 5.82. The molecular weight excluding hydrogens is 336 g/mol. The Bertz CT molecular complexity index is 687. The number of carbonyl (C=O) groups excluding carboxylic acids is 1. The van der Waals surface area contributed by atoms with Crippen LogP contribution in [0.4, 0.5) is 4.79 Å². The van der Waals surface area contributed by atoms with Crippen molar-refractivity contribution in [2.75, 3.05) is 13.1 Å². The first-order chi connectivity index (χ1) is 11.5. The second kappa shape index (κ2) is 8.88. The van der Waals surface area contributed by atoms with Crippen molar-refractivity contribution in [2.24, 2.45) is 0 Å². The van der Waals surface area contributed by atoms with E-state index in [1.807, 2.05) is 0 Å². The van der Waals surface area contributed by atoms with Crippen molar-refractivity contribution in [1.82, 2.24) is 20.8 Å². The second-order valence-corrected chi connectivity index (χ2v) is 5.39. The van der Waals surface area contributed by atoms with Crippen molar-refractivity contribution < 1.29 is 19.2 Å². The van der Waals surface area contributed by atoms with Gasteiger partial charge in [0.15, 0.2) is 0 Å². The van der Waals surface area contributed by atoms with Crippen LogP contribution in [0.3, 0.4) is 0 Å². The highest BCUT2D eigenvalue weighted by Crippen LogP contribution is 2.18. The molecule has 1 aromatic carbocycles. The van der Waals surface area contributed by atoms with Crippen LogP contribution >= 0.6 is 11.6 Å². The molecule has 0 aliphatic heterocycles. The molecule has 3 N–H and O–H groups in total. The first-order valence-electron chi connectivity index (χ1n) is 7.36. The van der Waals surface area contributed by atoms with Crippen LogP contribution in [0.2, 0.25) is 5.02 Å². The van der Waals surface area contributed by atoms with Crippen molar-refractivity contribution >= 4 is 23.6 Å². The van der Waals surface area contributed by atoms with Crippen LogP contribution in [-0.4, -0.2) is 40.3 Å². The molecule has 24 heavy (non-hydrogen) atoms. The van der Waals surface area contributed by atoms with E-state index < -0.39 is 5.97 Å². The molecule has 0 saturated carbocycles. The lowest BCUT2D eigenvalue weighted by Crippen LogP contribution is -2.37. The number of hydrogen-bond donors (Lipinski definition) is 3. The fourth-order valence-corrected chi connectivity index (χ4v) is 1.99. The summed E-state index contributed by atoms with van der Waals surface area (Å²) < 4.78 is 5.12. The number of carboxylic acid groups (broad SMARTS) is 1. The van der Waals surface area contributed by atoms with Crippen molar-refractivity contribution in [1.29, 1.82) is 0 Å². The third-order valence-electron chi connectivity index (χ3n) is 3.05. The Morgan fingerprint density at radius 3 is 2.58 bits per heavy atom. The second-order valence-electron chi connectivity index (χ2n) is 4.95. The number of carboxylic acids is 1. The summed E-state index contributed by atoms with van der Waals surface area (Å²) in [5.74, 6) is -0.0176. The minimum absolute atomic E-state index is 0.0236. The molecule has 1 heterocycles. The molecule has 0 radical (unpaired) electrons. The zero-order chi connectivity index (χ0) is 17.4. The summed E-state index contributed by atoms with van der Waals surface area (Å²) in [6.45, 7) is 0.631. The van der Waals surface area contributed by atoms with Crippen LogP contribution in [0, 0.1) is 0 Å².